The third-order valence-electron chi connectivity index (χ3n) is 2.38. The largest absolute Gasteiger partial charge is 0.247 e. The second-order valence-corrected chi connectivity index (χ2v) is 5.52. The van der Waals surface area contributed by atoms with Crippen LogP contribution in [0.3, 0.4) is 0 Å². The molecule has 0 amide bonds. The lowest BCUT2D eigenvalue weighted by Gasteiger charge is -1.95. The van der Waals surface area contributed by atoms with E-state index in [4.69, 9.17) is 0 Å². The summed E-state index contributed by atoms with van der Waals surface area (Å²) < 4.78 is 2.60. The number of thioether (sulfide) groups is 1. The van der Waals surface area contributed by atoms with Crippen molar-refractivity contribution in [1.82, 2.24) is 4.98 Å². The minimum absolute atomic E-state index is 1.08. The van der Waals surface area contributed by atoms with E-state index < -0.39 is 0 Å². The standard InChI is InChI=1S/C12H9NS2/c1-14-12-7-10-11(15-12)6-8-4-2-3-5-9(8)13-10/h2-7H,1H3. The first-order chi connectivity index (χ1) is 7.36. The summed E-state index contributed by atoms with van der Waals surface area (Å²) in [5, 5.41) is 1.22. The Morgan fingerprint density at radius 1 is 1.13 bits per heavy atom. The average molecular weight is 231 g/mol. The number of nitrogens with zero attached hydrogens (tertiary/aromatic N) is 1. The monoisotopic (exact) mass is 231 g/mol. The van der Waals surface area contributed by atoms with E-state index in [2.05, 4.69) is 41.6 Å². The van der Waals surface area contributed by atoms with E-state index in [0.717, 1.165) is 11.0 Å². The highest BCUT2D eigenvalue weighted by atomic mass is 32.2. The average Bonchev–Trinajstić information content (AvgIpc) is 2.67. The summed E-state index contributed by atoms with van der Waals surface area (Å²) in [7, 11) is 0. The summed E-state index contributed by atoms with van der Waals surface area (Å²) in [6, 6.07) is 12.6. The number of hydrogen-bond donors (Lipinski definition) is 0. The second kappa shape index (κ2) is 3.51. The van der Waals surface area contributed by atoms with Gasteiger partial charge in [0.05, 0.1) is 19.9 Å². The Balaban J connectivity index is 2.39. The fourth-order valence-electron chi connectivity index (χ4n) is 1.65. The molecule has 0 aliphatic rings. The van der Waals surface area contributed by atoms with Crippen LogP contribution in [0.15, 0.2) is 40.6 Å². The summed E-state index contributed by atoms with van der Waals surface area (Å²) in [6.07, 6.45) is 2.10. The lowest BCUT2D eigenvalue weighted by atomic mass is 10.2. The summed E-state index contributed by atoms with van der Waals surface area (Å²) in [6.45, 7) is 0. The minimum Gasteiger partial charge on any atom is -0.247 e. The SMILES string of the molecule is CSc1cc2nc3ccccc3cc2s1. The molecule has 0 aliphatic heterocycles. The molecule has 0 fully saturated rings. The van der Waals surface area contributed by atoms with Gasteiger partial charge in [0.1, 0.15) is 0 Å². The van der Waals surface area contributed by atoms with Crippen LogP contribution in [0.2, 0.25) is 0 Å². The molecule has 74 valence electrons. The van der Waals surface area contributed by atoms with Crippen LogP contribution < -0.4 is 0 Å². The molecule has 2 heterocycles. The zero-order chi connectivity index (χ0) is 10.3. The van der Waals surface area contributed by atoms with Crippen LogP contribution >= 0.6 is 23.1 Å². The first-order valence-electron chi connectivity index (χ1n) is 4.70. The van der Waals surface area contributed by atoms with E-state index in [1.807, 2.05) is 17.4 Å². The van der Waals surface area contributed by atoms with Gasteiger partial charge in [-0.1, -0.05) is 18.2 Å². The molecule has 0 radical (unpaired) electrons. The summed E-state index contributed by atoms with van der Waals surface area (Å²) in [5.41, 5.74) is 2.19. The molecule has 3 aromatic rings. The van der Waals surface area contributed by atoms with Crippen molar-refractivity contribution in [2.45, 2.75) is 4.21 Å². The molecule has 0 bridgehead atoms. The number of fused-ring (bicyclic) bond motifs is 2. The number of pyridine rings is 1. The fraction of sp³-hybridized carbons (Fsp3) is 0.0833. The predicted molar refractivity (Wildman–Crippen MR) is 68.9 cm³/mol. The molecular weight excluding hydrogens is 222 g/mol. The topological polar surface area (TPSA) is 12.9 Å². The molecule has 15 heavy (non-hydrogen) atoms. The highest BCUT2D eigenvalue weighted by Gasteiger charge is 2.03. The van der Waals surface area contributed by atoms with Crippen LogP contribution in [0.25, 0.3) is 21.1 Å². The maximum absolute atomic E-state index is 4.64. The Hall–Kier alpha value is -1.06. The summed E-state index contributed by atoms with van der Waals surface area (Å²) in [5.74, 6) is 0. The fourth-order valence-corrected chi connectivity index (χ4v) is 3.26. The van der Waals surface area contributed by atoms with Crippen LogP contribution in [0.4, 0.5) is 0 Å². The molecule has 3 heteroatoms. The Labute approximate surface area is 96.1 Å². The molecule has 0 aliphatic carbocycles. The molecule has 1 nitrogen and oxygen atoms in total. The first-order valence-corrected chi connectivity index (χ1v) is 6.74. The lowest BCUT2D eigenvalue weighted by molar-refractivity contribution is 1.51. The molecule has 2 aromatic heterocycles. The minimum atomic E-state index is 1.08. The van der Waals surface area contributed by atoms with Gasteiger partial charge in [0.25, 0.3) is 0 Å². The zero-order valence-electron chi connectivity index (χ0n) is 8.23. The van der Waals surface area contributed by atoms with Crippen LogP contribution in [0.5, 0.6) is 0 Å². The van der Waals surface area contributed by atoms with Gasteiger partial charge in [0.2, 0.25) is 0 Å². The van der Waals surface area contributed by atoms with Crippen molar-refractivity contribution < 1.29 is 0 Å². The summed E-state index contributed by atoms with van der Waals surface area (Å²) >= 11 is 3.59. The molecule has 0 spiro atoms. The van der Waals surface area contributed by atoms with Crippen LogP contribution in [-0.4, -0.2) is 11.2 Å². The van der Waals surface area contributed by atoms with E-state index in [1.54, 1.807) is 11.8 Å². The highest BCUT2D eigenvalue weighted by molar-refractivity contribution is 8.00. The van der Waals surface area contributed by atoms with E-state index in [9.17, 15) is 0 Å². The van der Waals surface area contributed by atoms with E-state index in [-0.39, 0.29) is 0 Å². The van der Waals surface area contributed by atoms with Crippen molar-refractivity contribution in [2.75, 3.05) is 6.26 Å². The number of aromatic nitrogens is 1. The molecule has 1 aromatic carbocycles. The van der Waals surface area contributed by atoms with Gasteiger partial charge in [0, 0.05) is 5.39 Å². The second-order valence-electron chi connectivity index (χ2n) is 3.33. The van der Waals surface area contributed by atoms with Gasteiger partial charge in [-0.25, -0.2) is 4.98 Å². The van der Waals surface area contributed by atoms with Crippen molar-refractivity contribution >= 4 is 44.2 Å². The van der Waals surface area contributed by atoms with E-state index in [0.29, 0.717) is 0 Å². The Morgan fingerprint density at radius 2 is 2.00 bits per heavy atom. The number of benzene rings is 1. The van der Waals surface area contributed by atoms with Crippen molar-refractivity contribution in [3.8, 4) is 0 Å². The quantitative estimate of drug-likeness (QED) is 0.583. The van der Waals surface area contributed by atoms with Gasteiger partial charge < -0.3 is 0 Å². The molecule has 3 rings (SSSR count). The smallest absolute Gasteiger partial charge is 0.0829 e. The van der Waals surface area contributed by atoms with Crippen LogP contribution in [-0.2, 0) is 0 Å². The van der Waals surface area contributed by atoms with Gasteiger partial charge in [-0.3, -0.25) is 0 Å². The van der Waals surface area contributed by atoms with Crippen LogP contribution in [0, 0.1) is 0 Å². The van der Waals surface area contributed by atoms with Gasteiger partial charge >= 0.3 is 0 Å². The molecule has 0 unspecified atom stereocenters. The van der Waals surface area contributed by atoms with Gasteiger partial charge in [0.15, 0.2) is 0 Å². The summed E-state index contributed by atoms with van der Waals surface area (Å²) in [4.78, 5) is 4.64. The molecule has 0 atom stereocenters. The van der Waals surface area contributed by atoms with Crippen LogP contribution in [0.1, 0.15) is 0 Å². The van der Waals surface area contributed by atoms with Crippen molar-refractivity contribution in [3.05, 3.63) is 36.4 Å². The van der Waals surface area contributed by atoms with Gasteiger partial charge in [-0.05, 0) is 24.5 Å². The van der Waals surface area contributed by atoms with Crippen molar-refractivity contribution in [1.29, 1.82) is 0 Å². The van der Waals surface area contributed by atoms with E-state index in [1.165, 1.54) is 14.3 Å². The van der Waals surface area contributed by atoms with Gasteiger partial charge in [-0.2, -0.15) is 0 Å². The predicted octanol–water partition coefficient (Wildman–Crippen LogP) is 4.17. The van der Waals surface area contributed by atoms with Gasteiger partial charge in [-0.15, -0.1) is 23.1 Å². The molecule has 0 N–H and O–H groups in total. The number of rotatable bonds is 1. The highest BCUT2D eigenvalue weighted by Crippen LogP contribution is 2.32. The molecule has 0 saturated heterocycles. The third kappa shape index (κ3) is 1.52. The van der Waals surface area contributed by atoms with Crippen molar-refractivity contribution in [3.63, 3.8) is 0 Å². The molecular formula is C12H9NS2. The maximum atomic E-state index is 4.64. The van der Waals surface area contributed by atoms with E-state index >= 15 is 0 Å². The lowest BCUT2D eigenvalue weighted by Crippen LogP contribution is -1.76. The third-order valence-corrected chi connectivity index (χ3v) is 4.52. The molecule has 0 saturated carbocycles. The maximum Gasteiger partial charge on any atom is 0.0829 e. The first kappa shape index (κ1) is 9.19. The number of para-hydroxylation sites is 1. The number of hydrogen-bond acceptors (Lipinski definition) is 3. The Bertz CT molecular complexity index is 575. The number of thiophene rings is 1. The Kier molecular flexibility index (Phi) is 2.15. The van der Waals surface area contributed by atoms with Crippen molar-refractivity contribution in [2.24, 2.45) is 0 Å². The Morgan fingerprint density at radius 3 is 2.87 bits per heavy atom. The zero-order valence-corrected chi connectivity index (χ0v) is 9.86. The normalized spacial score (nSPS) is 11.3.